The standard InChI is InChI=1S/C23H38N6/c1-4-17(3)9-12-25-10-6-11-26-14-18-7-8-20(13-18)29-15-19(5-2)21-22(24)27-16-28-23(21)29/h4,15-16,18,20,25-26H,5-14H2,1-3H3,(H2,24,27,28)/b17-4+. The van der Waals surface area contributed by atoms with E-state index in [2.05, 4.69) is 58.2 Å². The number of hydrogen-bond acceptors (Lipinski definition) is 5. The summed E-state index contributed by atoms with van der Waals surface area (Å²) in [5, 5.41) is 8.25. The van der Waals surface area contributed by atoms with Crippen molar-refractivity contribution in [3.8, 4) is 0 Å². The molecule has 0 aromatic carbocycles. The van der Waals surface area contributed by atoms with Gasteiger partial charge in [-0.2, -0.15) is 0 Å². The number of nitrogen functional groups attached to an aromatic ring is 1. The van der Waals surface area contributed by atoms with E-state index in [1.54, 1.807) is 6.33 Å². The molecule has 6 nitrogen and oxygen atoms in total. The first-order valence-corrected chi connectivity index (χ1v) is 11.3. The van der Waals surface area contributed by atoms with Gasteiger partial charge in [0.1, 0.15) is 17.8 Å². The quantitative estimate of drug-likeness (QED) is 0.396. The van der Waals surface area contributed by atoms with Crippen LogP contribution in [-0.4, -0.2) is 40.7 Å². The minimum Gasteiger partial charge on any atom is -0.383 e. The van der Waals surface area contributed by atoms with Crippen LogP contribution in [0.3, 0.4) is 0 Å². The van der Waals surface area contributed by atoms with Crippen LogP contribution < -0.4 is 16.4 Å². The lowest BCUT2D eigenvalue weighted by atomic mass is 10.1. The first kappa shape index (κ1) is 21.8. The molecule has 160 valence electrons. The Kier molecular flexibility index (Phi) is 8.07. The van der Waals surface area contributed by atoms with Gasteiger partial charge in [0, 0.05) is 12.2 Å². The molecule has 0 saturated heterocycles. The molecule has 0 spiro atoms. The van der Waals surface area contributed by atoms with Gasteiger partial charge in [0.25, 0.3) is 0 Å². The van der Waals surface area contributed by atoms with E-state index in [1.807, 2.05) is 0 Å². The number of nitrogens with two attached hydrogens (primary N) is 1. The molecule has 1 fully saturated rings. The summed E-state index contributed by atoms with van der Waals surface area (Å²) in [6.45, 7) is 10.9. The zero-order valence-electron chi connectivity index (χ0n) is 18.4. The van der Waals surface area contributed by atoms with Gasteiger partial charge in [-0.3, -0.25) is 0 Å². The van der Waals surface area contributed by atoms with Gasteiger partial charge in [-0.15, -0.1) is 0 Å². The predicted octanol–water partition coefficient (Wildman–Crippen LogP) is 3.84. The molecule has 4 N–H and O–H groups in total. The van der Waals surface area contributed by atoms with Crippen molar-refractivity contribution in [3.05, 3.63) is 29.7 Å². The Balaban J connectivity index is 1.41. The number of hydrogen-bond donors (Lipinski definition) is 3. The van der Waals surface area contributed by atoms with Gasteiger partial charge in [-0.25, -0.2) is 9.97 Å². The number of nitrogens with zero attached hydrogens (tertiary/aromatic N) is 3. The molecule has 1 aliphatic carbocycles. The second-order valence-electron chi connectivity index (χ2n) is 8.40. The maximum Gasteiger partial charge on any atom is 0.146 e. The summed E-state index contributed by atoms with van der Waals surface area (Å²) >= 11 is 0. The van der Waals surface area contributed by atoms with Gasteiger partial charge in [0.15, 0.2) is 0 Å². The summed E-state index contributed by atoms with van der Waals surface area (Å²) in [4.78, 5) is 8.75. The lowest BCUT2D eigenvalue weighted by molar-refractivity contribution is 0.451. The lowest BCUT2D eigenvalue weighted by Gasteiger charge is -2.15. The molecule has 2 heterocycles. The highest BCUT2D eigenvalue weighted by Gasteiger charge is 2.27. The minimum absolute atomic E-state index is 0.524. The molecule has 1 saturated carbocycles. The summed E-state index contributed by atoms with van der Waals surface area (Å²) in [5.74, 6) is 1.35. The zero-order valence-corrected chi connectivity index (χ0v) is 18.4. The van der Waals surface area contributed by atoms with Crippen LogP contribution in [0.25, 0.3) is 11.0 Å². The van der Waals surface area contributed by atoms with Gasteiger partial charge in [0.05, 0.1) is 5.39 Å². The molecule has 2 unspecified atom stereocenters. The molecule has 1 aliphatic rings. The molecule has 29 heavy (non-hydrogen) atoms. The number of nitrogens with one attached hydrogen (secondary N) is 2. The number of allylic oxidation sites excluding steroid dienone is 1. The third kappa shape index (κ3) is 5.58. The first-order chi connectivity index (χ1) is 14.1. The largest absolute Gasteiger partial charge is 0.383 e. The third-order valence-corrected chi connectivity index (χ3v) is 6.33. The Morgan fingerprint density at radius 2 is 2.07 bits per heavy atom. The van der Waals surface area contributed by atoms with Crippen LogP contribution in [0.1, 0.15) is 64.5 Å². The molecule has 6 heteroatoms. The van der Waals surface area contributed by atoms with E-state index in [-0.39, 0.29) is 0 Å². The molecule has 0 amide bonds. The van der Waals surface area contributed by atoms with Crippen molar-refractivity contribution in [2.24, 2.45) is 5.92 Å². The maximum atomic E-state index is 6.14. The summed E-state index contributed by atoms with van der Waals surface area (Å²) in [6.07, 6.45) is 13.1. The molecule has 2 aromatic rings. The molecular formula is C23H38N6. The van der Waals surface area contributed by atoms with Gasteiger partial charge in [-0.1, -0.05) is 18.6 Å². The van der Waals surface area contributed by atoms with Crippen molar-refractivity contribution in [2.75, 3.05) is 31.9 Å². The van der Waals surface area contributed by atoms with Crippen molar-refractivity contribution < 1.29 is 0 Å². The average Bonchev–Trinajstić information content (AvgIpc) is 3.34. The number of aryl methyl sites for hydroxylation is 1. The number of anilines is 1. The van der Waals surface area contributed by atoms with Crippen LogP contribution in [0.15, 0.2) is 24.2 Å². The Morgan fingerprint density at radius 1 is 1.24 bits per heavy atom. The average molecular weight is 399 g/mol. The van der Waals surface area contributed by atoms with Crippen LogP contribution in [0.5, 0.6) is 0 Å². The van der Waals surface area contributed by atoms with Gasteiger partial charge in [0.2, 0.25) is 0 Å². The van der Waals surface area contributed by atoms with E-state index in [9.17, 15) is 0 Å². The summed E-state index contributed by atoms with van der Waals surface area (Å²) in [7, 11) is 0. The second-order valence-corrected chi connectivity index (χ2v) is 8.40. The molecule has 0 bridgehead atoms. The molecule has 0 radical (unpaired) electrons. The fourth-order valence-corrected chi connectivity index (χ4v) is 4.42. The molecule has 2 atom stereocenters. The lowest BCUT2D eigenvalue weighted by Crippen LogP contribution is -2.26. The Morgan fingerprint density at radius 3 is 2.86 bits per heavy atom. The van der Waals surface area contributed by atoms with E-state index >= 15 is 0 Å². The Bertz CT molecular complexity index is 809. The Hall–Kier alpha value is -1.92. The summed E-state index contributed by atoms with van der Waals surface area (Å²) in [5.41, 5.74) is 9.86. The van der Waals surface area contributed by atoms with Gasteiger partial charge in [-0.05, 0) is 90.0 Å². The monoisotopic (exact) mass is 398 g/mol. The molecular weight excluding hydrogens is 360 g/mol. The SMILES string of the molecule is C/C=C(\C)CCNCCCNCC1CCC(n2cc(CC)c3c(N)ncnc32)C1. The van der Waals surface area contributed by atoms with Crippen LogP contribution in [0, 0.1) is 5.92 Å². The predicted molar refractivity (Wildman–Crippen MR) is 122 cm³/mol. The fraction of sp³-hybridized carbons (Fsp3) is 0.652. The van der Waals surface area contributed by atoms with E-state index in [0.717, 1.165) is 56.0 Å². The van der Waals surface area contributed by atoms with Crippen molar-refractivity contribution in [2.45, 2.75) is 65.3 Å². The Labute approximate surface area is 175 Å². The molecule has 0 aliphatic heterocycles. The summed E-state index contributed by atoms with van der Waals surface area (Å²) < 4.78 is 2.36. The first-order valence-electron chi connectivity index (χ1n) is 11.3. The van der Waals surface area contributed by atoms with Crippen molar-refractivity contribution in [1.29, 1.82) is 0 Å². The highest BCUT2D eigenvalue weighted by atomic mass is 15.1. The molecule has 3 rings (SSSR count). The maximum absolute atomic E-state index is 6.14. The topological polar surface area (TPSA) is 80.8 Å². The smallest absolute Gasteiger partial charge is 0.146 e. The van der Waals surface area contributed by atoms with Crippen LogP contribution >= 0.6 is 0 Å². The third-order valence-electron chi connectivity index (χ3n) is 6.33. The second kappa shape index (κ2) is 10.7. The minimum atomic E-state index is 0.524. The van der Waals surface area contributed by atoms with Crippen molar-refractivity contribution in [3.63, 3.8) is 0 Å². The summed E-state index contributed by atoms with van der Waals surface area (Å²) in [6, 6.07) is 0.524. The number of rotatable bonds is 11. The molecule has 2 aromatic heterocycles. The van der Waals surface area contributed by atoms with Gasteiger partial charge >= 0.3 is 0 Å². The van der Waals surface area contributed by atoms with Crippen molar-refractivity contribution >= 4 is 16.9 Å². The van der Waals surface area contributed by atoms with E-state index in [4.69, 9.17) is 5.73 Å². The van der Waals surface area contributed by atoms with Crippen LogP contribution in [-0.2, 0) is 6.42 Å². The van der Waals surface area contributed by atoms with Gasteiger partial charge < -0.3 is 20.9 Å². The highest BCUT2D eigenvalue weighted by molar-refractivity contribution is 5.89. The normalized spacial score (nSPS) is 20.0. The fourth-order valence-electron chi connectivity index (χ4n) is 4.42. The van der Waals surface area contributed by atoms with E-state index in [0.29, 0.717) is 11.9 Å². The van der Waals surface area contributed by atoms with E-state index < -0.39 is 0 Å². The number of fused-ring (bicyclic) bond motifs is 1. The van der Waals surface area contributed by atoms with Crippen LogP contribution in [0.2, 0.25) is 0 Å². The van der Waals surface area contributed by atoms with Crippen LogP contribution in [0.4, 0.5) is 5.82 Å². The van der Waals surface area contributed by atoms with E-state index in [1.165, 1.54) is 36.8 Å². The number of aromatic nitrogens is 3. The van der Waals surface area contributed by atoms with Crippen molar-refractivity contribution in [1.82, 2.24) is 25.2 Å². The zero-order chi connectivity index (χ0) is 20.6. The highest BCUT2D eigenvalue weighted by Crippen LogP contribution is 2.37.